The molecule has 0 radical (unpaired) electrons. The summed E-state index contributed by atoms with van der Waals surface area (Å²) in [5.41, 5.74) is 1.60. The van der Waals surface area contributed by atoms with E-state index in [1.54, 1.807) is 18.2 Å². The van der Waals surface area contributed by atoms with E-state index >= 15 is 0 Å². The zero-order chi connectivity index (χ0) is 13.7. The fraction of sp³-hybridized carbons (Fsp3) is 0.133. The molecule has 0 aliphatic rings. The fourth-order valence-electron chi connectivity index (χ4n) is 1.82. The lowest BCUT2D eigenvalue weighted by atomic mass is 10.1. The molecule has 0 aliphatic heterocycles. The van der Waals surface area contributed by atoms with E-state index in [9.17, 15) is 9.90 Å². The van der Waals surface area contributed by atoms with Crippen molar-refractivity contribution in [3.05, 3.63) is 65.2 Å². The van der Waals surface area contributed by atoms with Gasteiger partial charge in [-0.25, -0.2) is 4.79 Å². The zero-order valence-corrected chi connectivity index (χ0v) is 11.0. The van der Waals surface area contributed by atoms with Crippen molar-refractivity contribution in [1.82, 2.24) is 0 Å². The number of aliphatic carboxylic acids is 1. The maximum absolute atomic E-state index is 11.3. The van der Waals surface area contributed by atoms with Crippen molar-refractivity contribution in [2.24, 2.45) is 0 Å². The molecule has 0 heterocycles. The SMILES string of the molecule is O=C(O)C(Cc1ccccc1)Nc1ccccc1Cl. The fourth-order valence-corrected chi connectivity index (χ4v) is 2.01. The Morgan fingerprint density at radius 2 is 1.74 bits per heavy atom. The minimum Gasteiger partial charge on any atom is -0.480 e. The molecular weight excluding hydrogens is 262 g/mol. The topological polar surface area (TPSA) is 49.3 Å². The van der Waals surface area contributed by atoms with Crippen LogP contribution in [0.15, 0.2) is 54.6 Å². The standard InChI is InChI=1S/C15H14ClNO2/c16-12-8-4-5-9-13(12)17-14(15(18)19)10-11-6-2-1-3-7-11/h1-9,14,17H,10H2,(H,18,19). The van der Waals surface area contributed by atoms with Crippen LogP contribution in [0, 0.1) is 0 Å². The van der Waals surface area contributed by atoms with E-state index in [1.165, 1.54) is 0 Å². The molecule has 19 heavy (non-hydrogen) atoms. The van der Waals surface area contributed by atoms with Gasteiger partial charge in [0.1, 0.15) is 6.04 Å². The summed E-state index contributed by atoms with van der Waals surface area (Å²) in [6.07, 6.45) is 0.404. The highest BCUT2D eigenvalue weighted by atomic mass is 35.5. The molecule has 0 spiro atoms. The van der Waals surface area contributed by atoms with Crippen LogP contribution in [0.25, 0.3) is 0 Å². The van der Waals surface area contributed by atoms with Crippen molar-refractivity contribution in [3.63, 3.8) is 0 Å². The highest BCUT2D eigenvalue weighted by Crippen LogP contribution is 2.22. The van der Waals surface area contributed by atoms with E-state index < -0.39 is 12.0 Å². The van der Waals surface area contributed by atoms with Crippen molar-refractivity contribution in [2.75, 3.05) is 5.32 Å². The van der Waals surface area contributed by atoms with Crippen molar-refractivity contribution >= 4 is 23.3 Å². The van der Waals surface area contributed by atoms with E-state index in [1.807, 2.05) is 36.4 Å². The quantitative estimate of drug-likeness (QED) is 0.879. The lowest BCUT2D eigenvalue weighted by Crippen LogP contribution is -2.31. The van der Waals surface area contributed by atoms with Crippen LogP contribution in [0.1, 0.15) is 5.56 Å². The molecule has 0 aromatic heterocycles. The Bertz CT molecular complexity index is 557. The van der Waals surface area contributed by atoms with Gasteiger partial charge in [-0.2, -0.15) is 0 Å². The molecular formula is C15H14ClNO2. The second-order valence-electron chi connectivity index (χ2n) is 4.20. The summed E-state index contributed by atoms with van der Waals surface area (Å²) in [6, 6.07) is 15.9. The van der Waals surface area contributed by atoms with Crippen molar-refractivity contribution in [2.45, 2.75) is 12.5 Å². The van der Waals surface area contributed by atoms with E-state index in [0.717, 1.165) is 5.56 Å². The lowest BCUT2D eigenvalue weighted by Gasteiger charge is -2.16. The van der Waals surface area contributed by atoms with E-state index in [2.05, 4.69) is 5.32 Å². The Kier molecular flexibility index (Phi) is 4.42. The van der Waals surface area contributed by atoms with Crippen LogP contribution in [-0.2, 0) is 11.2 Å². The van der Waals surface area contributed by atoms with Gasteiger partial charge in [0.05, 0.1) is 10.7 Å². The first-order valence-electron chi connectivity index (χ1n) is 5.94. The Balaban J connectivity index is 2.13. The second kappa shape index (κ2) is 6.25. The van der Waals surface area contributed by atoms with Crippen LogP contribution in [0.4, 0.5) is 5.69 Å². The summed E-state index contributed by atoms with van der Waals surface area (Å²) >= 11 is 6.02. The molecule has 4 heteroatoms. The summed E-state index contributed by atoms with van der Waals surface area (Å²) in [5.74, 6) is -0.899. The number of hydrogen-bond donors (Lipinski definition) is 2. The molecule has 0 saturated carbocycles. The highest BCUT2D eigenvalue weighted by Gasteiger charge is 2.18. The maximum atomic E-state index is 11.3. The molecule has 3 nitrogen and oxygen atoms in total. The first-order chi connectivity index (χ1) is 9.16. The zero-order valence-electron chi connectivity index (χ0n) is 10.2. The molecule has 1 atom stereocenters. The number of halogens is 1. The summed E-state index contributed by atoms with van der Waals surface area (Å²) < 4.78 is 0. The van der Waals surface area contributed by atoms with Gasteiger partial charge in [0.2, 0.25) is 0 Å². The van der Waals surface area contributed by atoms with E-state index in [0.29, 0.717) is 17.1 Å². The van der Waals surface area contributed by atoms with Gasteiger partial charge in [0.15, 0.2) is 0 Å². The van der Waals surface area contributed by atoms with Crippen molar-refractivity contribution in [3.8, 4) is 0 Å². The van der Waals surface area contributed by atoms with Crippen LogP contribution in [0.5, 0.6) is 0 Å². The van der Waals surface area contributed by atoms with E-state index in [4.69, 9.17) is 11.6 Å². The summed E-state index contributed by atoms with van der Waals surface area (Å²) in [7, 11) is 0. The third kappa shape index (κ3) is 3.73. The summed E-state index contributed by atoms with van der Waals surface area (Å²) in [5, 5.41) is 12.8. The molecule has 2 rings (SSSR count). The van der Waals surface area contributed by atoms with Gasteiger partial charge in [-0.3, -0.25) is 0 Å². The molecule has 2 aromatic carbocycles. The number of carboxylic acid groups (broad SMARTS) is 1. The molecule has 0 fully saturated rings. The van der Waals surface area contributed by atoms with Crippen LogP contribution in [-0.4, -0.2) is 17.1 Å². The number of carboxylic acids is 1. The number of carbonyl (C=O) groups is 1. The predicted molar refractivity (Wildman–Crippen MR) is 76.6 cm³/mol. The minimum atomic E-state index is -0.899. The molecule has 1 unspecified atom stereocenters. The molecule has 2 N–H and O–H groups in total. The monoisotopic (exact) mass is 275 g/mol. The largest absolute Gasteiger partial charge is 0.480 e. The van der Waals surface area contributed by atoms with Crippen LogP contribution in [0.3, 0.4) is 0 Å². The predicted octanol–water partition coefficient (Wildman–Crippen LogP) is 3.45. The van der Waals surface area contributed by atoms with Crippen LogP contribution < -0.4 is 5.32 Å². The number of para-hydroxylation sites is 1. The molecule has 98 valence electrons. The van der Waals surface area contributed by atoms with E-state index in [-0.39, 0.29) is 0 Å². The highest BCUT2D eigenvalue weighted by molar-refractivity contribution is 6.33. The van der Waals surface area contributed by atoms with Gasteiger partial charge in [0.25, 0.3) is 0 Å². The third-order valence-corrected chi connectivity index (χ3v) is 3.11. The van der Waals surface area contributed by atoms with Crippen molar-refractivity contribution < 1.29 is 9.90 Å². The summed E-state index contributed by atoms with van der Waals surface area (Å²) in [6.45, 7) is 0. The number of nitrogens with one attached hydrogen (secondary N) is 1. The summed E-state index contributed by atoms with van der Waals surface area (Å²) in [4.78, 5) is 11.3. The number of anilines is 1. The molecule has 0 saturated heterocycles. The van der Waals surface area contributed by atoms with Crippen LogP contribution in [0.2, 0.25) is 5.02 Å². The number of rotatable bonds is 5. The smallest absolute Gasteiger partial charge is 0.326 e. The minimum absolute atomic E-state index is 0.404. The average molecular weight is 276 g/mol. The van der Waals surface area contributed by atoms with Gasteiger partial charge >= 0.3 is 5.97 Å². The molecule has 0 aliphatic carbocycles. The number of hydrogen-bond acceptors (Lipinski definition) is 2. The molecule has 0 amide bonds. The van der Waals surface area contributed by atoms with Gasteiger partial charge in [0, 0.05) is 6.42 Å². The molecule has 2 aromatic rings. The van der Waals surface area contributed by atoms with Gasteiger partial charge in [-0.15, -0.1) is 0 Å². The first kappa shape index (κ1) is 13.4. The normalized spacial score (nSPS) is 11.8. The van der Waals surface area contributed by atoms with Crippen LogP contribution >= 0.6 is 11.6 Å². The average Bonchev–Trinajstić information content (AvgIpc) is 2.41. The van der Waals surface area contributed by atoms with Crippen molar-refractivity contribution in [1.29, 1.82) is 0 Å². The number of benzene rings is 2. The van der Waals surface area contributed by atoms with Gasteiger partial charge in [-0.1, -0.05) is 54.1 Å². The molecule has 0 bridgehead atoms. The third-order valence-electron chi connectivity index (χ3n) is 2.78. The Hall–Kier alpha value is -2.00. The van der Waals surface area contributed by atoms with Gasteiger partial charge < -0.3 is 10.4 Å². The second-order valence-corrected chi connectivity index (χ2v) is 4.61. The lowest BCUT2D eigenvalue weighted by molar-refractivity contribution is -0.137. The Labute approximate surface area is 116 Å². The maximum Gasteiger partial charge on any atom is 0.326 e. The Morgan fingerprint density at radius 1 is 1.11 bits per heavy atom. The van der Waals surface area contributed by atoms with Gasteiger partial charge in [-0.05, 0) is 17.7 Å². The Morgan fingerprint density at radius 3 is 2.37 bits per heavy atom. The first-order valence-corrected chi connectivity index (χ1v) is 6.32.